The van der Waals surface area contributed by atoms with E-state index in [2.05, 4.69) is 12.2 Å². The monoisotopic (exact) mass is 307 g/mol. The highest BCUT2D eigenvalue weighted by atomic mass is 32.1. The van der Waals surface area contributed by atoms with Crippen molar-refractivity contribution in [3.63, 3.8) is 0 Å². The molecule has 0 spiro atoms. The number of nitrogens with one attached hydrogen (secondary N) is 1. The highest BCUT2D eigenvalue weighted by molar-refractivity contribution is 7.80. The van der Waals surface area contributed by atoms with Crippen molar-refractivity contribution in [3.05, 3.63) is 39.9 Å². The summed E-state index contributed by atoms with van der Waals surface area (Å²) in [6, 6.07) is 5.46. The number of nitro benzene ring substituents is 1. The summed E-state index contributed by atoms with van der Waals surface area (Å²) in [4.78, 5) is 24.1. The first-order valence-corrected chi connectivity index (χ1v) is 7.23. The Morgan fingerprint density at radius 3 is 2.43 bits per heavy atom. The topological polar surface area (TPSA) is 75.5 Å². The maximum absolute atomic E-state index is 12.0. The molecular weight excluding hydrogens is 290 g/mol. The first-order valence-electron chi connectivity index (χ1n) is 6.82. The first kappa shape index (κ1) is 15.4. The normalized spacial score (nSPS) is 15.6. The van der Waals surface area contributed by atoms with E-state index in [-0.39, 0.29) is 11.6 Å². The van der Waals surface area contributed by atoms with Crippen molar-refractivity contribution in [2.45, 2.75) is 19.8 Å². The molecule has 1 fully saturated rings. The Balaban J connectivity index is 1.94. The molecule has 1 aromatic rings. The number of piperidine rings is 1. The molecule has 1 heterocycles. The first-order chi connectivity index (χ1) is 9.97. The molecule has 6 nitrogen and oxygen atoms in total. The Morgan fingerprint density at radius 1 is 1.33 bits per heavy atom. The van der Waals surface area contributed by atoms with E-state index in [0.717, 1.165) is 25.9 Å². The number of carbonyl (C=O) groups is 1. The molecule has 1 aliphatic heterocycles. The van der Waals surface area contributed by atoms with Crippen molar-refractivity contribution in [2.24, 2.45) is 5.92 Å². The fraction of sp³-hybridized carbons (Fsp3) is 0.429. The average Bonchev–Trinajstić information content (AvgIpc) is 2.47. The molecule has 1 aromatic carbocycles. The number of likely N-dealkylation sites (tertiary alicyclic amines) is 1. The molecule has 0 atom stereocenters. The van der Waals surface area contributed by atoms with Gasteiger partial charge in [-0.3, -0.25) is 20.2 Å². The van der Waals surface area contributed by atoms with Crippen LogP contribution in [0, 0.1) is 16.0 Å². The lowest BCUT2D eigenvalue weighted by Crippen LogP contribution is -2.46. The van der Waals surface area contributed by atoms with Crippen molar-refractivity contribution < 1.29 is 9.72 Å². The summed E-state index contributed by atoms with van der Waals surface area (Å²) in [5, 5.41) is 13.7. The van der Waals surface area contributed by atoms with Gasteiger partial charge in [-0.05, 0) is 43.1 Å². The number of benzene rings is 1. The van der Waals surface area contributed by atoms with Crippen LogP contribution in [0.4, 0.5) is 5.69 Å². The quantitative estimate of drug-likeness (QED) is 0.515. The van der Waals surface area contributed by atoms with Gasteiger partial charge in [0, 0.05) is 30.8 Å². The summed E-state index contributed by atoms with van der Waals surface area (Å²) in [7, 11) is 0. The van der Waals surface area contributed by atoms with Crippen LogP contribution in [0.25, 0.3) is 0 Å². The molecular formula is C14H17N3O3S. The molecule has 1 aliphatic rings. The highest BCUT2D eigenvalue weighted by Crippen LogP contribution is 2.16. The predicted molar refractivity (Wildman–Crippen MR) is 83.1 cm³/mol. The zero-order valence-electron chi connectivity index (χ0n) is 11.7. The number of amides is 1. The van der Waals surface area contributed by atoms with Gasteiger partial charge in [0.25, 0.3) is 11.6 Å². The van der Waals surface area contributed by atoms with Gasteiger partial charge in [0.15, 0.2) is 5.11 Å². The molecule has 1 N–H and O–H groups in total. The lowest BCUT2D eigenvalue weighted by molar-refractivity contribution is -0.384. The van der Waals surface area contributed by atoms with Crippen molar-refractivity contribution >= 4 is 28.9 Å². The average molecular weight is 307 g/mol. The van der Waals surface area contributed by atoms with Crippen LogP contribution in [-0.2, 0) is 0 Å². The fourth-order valence-corrected chi connectivity index (χ4v) is 2.47. The van der Waals surface area contributed by atoms with E-state index in [4.69, 9.17) is 12.2 Å². The molecule has 0 aliphatic carbocycles. The lowest BCUT2D eigenvalue weighted by atomic mass is 10.00. The van der Waals surface area contributed by atoms with Crippen LogP contribution in [-0.4, -0.2) is 33.9 Å². The van der Waals surface area contributed by atoms with Crippen molar-refractivity contribution in [3.8, 4) is 0 Å². The van der Waals surface area contributed by atoms with Gasteiger partial charge in [0.1, 0.15) is 0 Å². The zero-order valence-corrected chi connectivity index (χ0v) is 12.6. The van der Waals surface area contributed by atoms with E-state index in [1.807, 2.05) is 4.90 Å². The van der Waals surface area contributed by atoms with E-state index >= 15 is 0 Å². The summed E-state index contributed by atoms with van der Waals surface area (Å²) in [5.41, 5.74) is 0.312. The van der Waals surface area contributed by atoms with E-state index in [9.17, 15) is 14.9 Å². The Hall–Kier alpha value is -2.02. The molecule has 0 bridgehead atoms. The van der Waals surface area contributed by atoms with Crippen LogP contribution in [0.15, 0.2) is 24.3 Å². The van der Waals surface area contributed by atoms with Crippen molar-refractivity contribution in [2.75, 3.05) is 13.1 Å². The number of hydrogen-bond donors (Lipinski definition) is 1. The SMILES string of the molecule is CC1CCN(C(=S)NC(=O)c2ccc([N+](=O)[O-])cc2)CC1. The summed E-state index contributed by atoms with van der Waals surface area (Å²) in [6.45, 7) is 3.90. The minimum Gasteiger partial charge on any atom is -0.349 e. The van der Waals surface area contributed by atoms with Crippen molar-refractivity contribution in [1.29, 1.82) is 0 Å². The zero-order chi connectivity index (χ0) is 15.4. The predicted octanol–water partition coefficient (Wildman–Crippen LogP) is 2.34. The molecule has 0 unspecified atom stereocenters. The van der Waals surface area contributed by atoms with Crippen molar-refractivity contribution in [1.82, 2.24) is 10.2 Å². The molecule has 21 heavy (non-hydrogen) atoms. The van der Waals surface area contributed by atoms with Gasteiger partial charge in [-0.2, -0.15) is 0 Å². The van der Waals surface area contributed by atoms with E-state index in [0.29, 0.717) is 16.6 Å². The number of hydrogen-bond acceptors (Lipinski definition) is 4. The number of non-ortho nitro benzene ring substituents is 1. The lowest BCUT2D eigenvalue weighted by Gasteiger charge is -2.32. The Kier molecular flexibility index (Phi) is 4.85. The second-order valence-corrected chi connectivity index (χ2v) is 5.62. The molecule has 1 saturated heterocycles. The minimum absolute atomic E-state index is 0.0425. The summed E-state index contributed by atoms with van der Waals surface area (Å²) < 4.78 is 0. The third-order valence-electron chi connectivity index (χ3n) is 3.63. The molecule has 7 heteroatoms. The molecule has 112 valence electrons. The fourth-order valence-electron chi connectivity index (χ4n) is 2.19. The molecule has 0 saturated carbocycles. The second kappa shape index (κ2) is 6.62. The van der Waals surface area contributed by atoms with Gasteiger partial charge < -0.3 is 4.90 Å². The highest BCUT2D eigenvalue weighted by Gasteiger charge is 2.19. The molecule has 2 rings (SSSR count). The third-order valence-corrected chi connectivity index (χ3v) is 3.99. The maximum Gasteiger partial charge on any atom is 0.269 e. The smallest absolute Gasteiger partial charge is 0.269 e. The Labute approximate surface area is 128 Å². The Bertz CT molecular complexity index is 551. The number of thiocarbonyl (C=S) groups is 1. The van der Waals surface area contributed by atoms with Crippen LogP contribution in [0.2, 0.25) is 0 Å². The molecule has 0 radical (unpaired) electrons. The molecule has 1 amide bonds. The van der Waals surface area contributed by atoms with Crippen LogP contribution in [0.3, 0.4) is 0 Å². The van der Waals surface area contributed by atoms with E-state index < -0.39 is 4.92 Å². The van der Waals surface area contributed by atoms with Gasteiger partial charge in [0.05, 0.1) is 4.92 Å². The van der Waals surface area contributed by atoms with E-state index in [1.54, 1.807) is 0 Å². The minimum atomic E-state index is -0.499. The number of rotatable bonds is 2. The van der Waals surface area contributed by atoms with Crippen LogP contribution in [0.1, 0.15) is 30.1 Å². The van der Waals surface area contributed by atoms with Crippen LogP contribution >= 0.6 is 12.2 Å². The number of nitro groups is 1. The molecule has 0 aromatic heterocycles. The standard InChI is InChI=1S/C14H17N3O3S/c1-10-6-8-16(9-7-10)14(21)15-13(18)11-2-4-12(5-3-11)17(19)20/h2-5,10H,6-9H2,1H3,(H,15,18,21). The third kappa shape index (κ3) is 3.98. The largest absolute Gasteiger partial charge is 0.349 e. The van der Waals surface area contributed by atoms with Gasteiger partial charge in [-0.1, -0.05) is 6.92 Å². The van der Waals surface area contributed by atoms with Gasteiger partial charge in [-0.15, -0.1) is 0 Å². The van der Waals surface area contributed by atoms with E-state index in [1.165, 1.54) is 24.3 Å². The summed E-state index contributed by atoms with van der Waals surface area (Å²) >= 11 is 5.24. The maximum atomic E-state index is 12.0. The summed E-state index contributed by atoms with van der Waals surface area (Å²) in [5.74, 6) is 0.350. The van der Waals surface area contributed by atoms with Gasteiger partial charge in [-0.25, -0.2) is 0 Å². The number of nitrogens with zero attached hydrogens (tertiary/aromatic N) is 2. The van der Waals surface area contributed by atoms with Crippen LogP contribution in [0.5, 0.6) is 0 Å². The van der Waals surface area contributed by atoms with Crippen LogP contribution < -0.4 is 5.32 Å². The summed E-state index contributed by atoms with van der Waals surface area (Å²) in [6.07, 6.45) is 2.13. The van der Waals surface area contributed by atoms with Gasteiger partial charge >= 0.3 is 0 Å². The second-order valence-electron chi connectivity index (χ2n) is 5.23. The van der Waals surface area contributed by atoms with Gasteiger partial charge in [0.2, 0.25) is 0 Å². The Morgan fingerprint density at radius 2 is 1.90 bits per heavy atom. The number of carbonyl (C=O) groups excluding carboxylic acids is 1.